The Labute approximate surface area is 123 Å². The summed E-state index contributed by atoms with van der Waals surface area (Å²) in [5.74, 6) is 1.51. The Morgan fingerprint density at radius 1 is 1.45 bits per heavy atom. The molecule has 0 N–H and O–H groups in total. The molecular formula is C13H13N3O2S2. The first-order chi connectivity index (χ1) is 9.58. The van der Waals surface area contributed by atoms with Crippen LogP contribution in [-0.4, -0.2) is 14.7 Å². The van der Waals surface area contributed by atoms with E-state index in [4.69, 9.17) is 4.52 Å². The molecule has 0 aliphatic rings. The van der Waals surface area contributed by atoms with E-state index >= 15 is 0 Å². The highest BCUT2D eigenvalue weighted by Gasteiger charge is 2.13. The van der Waals surface area contributed by atoms with Gasteiger partial charge >= 0.3 is 0 Å². The molecular weight excluding hydrogens is 294 g/mol. The Morgan fingerprint density at radius 3 is 2.95 bits per heavy atom. The highest BCUT2D eigenvalue weighted by molar-refractivity contribution is 7.98. The molecule has 0 bridgehead atoms. The first-order valence-electron chi connectivity index (χ1n) is 6.06. The number of fused-ring (bicyclic) bond motifs is 1. The summed E-state index contributed by atoms with van der Waals surface area (Å²) in [6.07, 6.45) is 0. The Hall–Kier alpha value is -1.60. The van der Waals surface area contributed by atoms with E-state index in [9.17, 15) is 4.79 Å². The molecule has 0 unspecified atom stereocenters. The maximum Gasteiger partial charge on any atom is 0.271 e. The first kappa shape index (κ1) is 13.4. The minimum atomic E-state index is 0.00580. The fourth-order valence-electron chi connectivity index (χ4n) is 1.94. The van der Waals surface area contributed by atoms with Crippen LogP contribution in [0.1, 0.15) is 17.0 Å². The predicted octanol–water partition coefficient (Wildman–Crippen LogP) is 2.89. The lowest BCUT2D eigenvalue weighted by atomic mass is 10.2. The molecule has 0 aliphatic carbocycles. The summed E-state index contributed by atoms with van der Waals surface area (Å²) in [6.45, 7) is 3.81. The zero-order valence-electron chi connectivity index (χ0n) is 11.3. The number of nitrogens with zero attached hydrogens (tertiary/aromatic N) is 3. The molecule has 0 radical (unpaired) electrons. The highest BCUT2D eigenvalue weighted by atomic mass is 32.2. The number of thioether (sulfide) groups is 1. The monoisotopic (exact) mass is 307 g/mol. The predicted molar refractivity (Wildman–Crippen MR) is 80.4 cm³/mol. The molecule has 0 aliphatic heterocycles. The smallest absolute Gasteiger partial charge is 0.271 e. The Morgan fingerprint density at radius 2 is 2.25 bits per heavy atom. The Balaban J connectivity index is 1.95. The molecule has 7 heteroatoms. The van der Waals surface area contributed by atoms with Gasteiger partial charge in [-0.05, 0) is 25.3 Å². The summed E-state index contributed by atoms with van der Waals surface area (Å²) in [4.78, 5) is 16.7. The summed E-state index contributed by atoms with van der Waals surface area (Å²) in [6, 6.07) is 1.88. The van der Waals surface area contributed by atoms with E-state index in [0.29, 0.717) is 15.6 Å². The summed E-state index contributed by atoms with van der Waals surface area (Å²) < 4.78 is 7.45. The lowest BCUT2D eigenvalue weighted by Gasteiger charge is -2.06. The second kappa shape index (κ2) is 5.06. The van der Waals surface area contributed by atoms with Crippen LogP contribution in [0.5, 0.6) is 0 Å². The van der Waals surface area contributed by atoms with Crippen molar-refractivity contribution in [1.82, 2.24) is 14.7 Å². The highest BCUT2D eigenvalue weighted by Crippen LogP contribution is 2.25. The summed E-state index contributed by atoms with van der Waals surface area (Å²) >= 11 is 2.95. The number of hydrogen-bond acceptors (Lipinski definition) is 6. The molecule has 0 aromatic carbocycles. The van der Waals surface area contributed by atoms with Gasteiger partial charge in [-0.1, -0.05) is 16.9 Å². The molecule has 3 heterocycles. The van der Waals surface area contributed by atoms with E-state index in [2.05, 4.69) is 10.1 Å². The largest absolute Gasteiger partial charge is 0.361 e. The SMILES string of the molecule is Cc1noc(C)c1CSc1nc2ccsc2c(=O)n1C. The van der Waals surface area contributed by atoms with Crippen LogP contribution in [0.4, 0.5) is 0 Å². The van der Waals surface area contributed by atoms with Crippen LogP contribution in [0, 0.1) is 13.8 Å². The minimum absolute atomic E-state index is 0.00580. The summed E-state index contributed by atoms with van der Waals surface area (Å²) in [5.41, 5.74) is 2.72. The quantitative estimate of drug-likeness (QED) is 0.550. The van der Waals surface area contributed by atoms with E-state index in [0.717, 1.165) is 22.5 Å². The molecule has 3 aromatic rings. The summed E-state index contributed by atoms with van der Waals surface area (Å²) in [7, 11) is 1.75. The molecule has 0 saturated carbocycles. The zero-order valence-corrected chi connectivity index (χ0v) is 13.0. The van der Waals surface area contributed by atoms with Crippen molar-refractivity contribution in [3.8, 4) is 0 Å². The van der Waals surface area contributed by atoms with Gasteiger partial charge in [-0.25, -0.2) is 4.98 Å². The number of thiophene rings is 1. The van der Waals surface area contributed by atoms with E-state index in [1.807, 2.05) is 25.3 Å². The van der Waals surface area contributed by atoms with Crippen molar-refractivity contribution < 1.29 is 4.52 Å². The average Bonchev–Trinajstić information content (AvgIpc) is 3.01. The third kappa shape index (κ3) is 2.16. The van der Waals surface area contributed by atoms with Crippen molar-refractivity contribution in [3.05, 3.63) is 38.8 Å². The van der Waals surface area contributed by atoms with E-state index in [1.54, 1.807) is 11.6 Å². The lowest BCUT2D eigenvalue weighted by molar-refractivity contribution is 0.392. The number of rotatable bonds is 3. The molecule has 20 heavy (non-hydrogen) atoms. The fourth-order valence-corrected chi connectivity index (χ4v) is 3.87. The molecule has 0 amide bonds. The van der Waals surface area contributed by atoms with Crippen LogP contribution in [0.3, 0.4) is 0 Å². The van der Waals surface area contributed by atoms with Crippen molar-refractivity contribution in [2.24, 2.45) is 7.05 Å². The van der Waals surface area contributed by atoms with Gasteiger partial charge in [0.2, 0.25) is 0 Å². The lowest BCUT2D eigenvalue weighted by Crippen LogP contribution is -2.18. The molecule has 5 nitrogen and oxygen atoms in total. The molecule has 0 fully saturated rings. The van der Waals surface area contributed by atoms with Crippen LogP contribution in [0.25, 0.3) is 10.2 Å². The van der Waals surface area contributed by atoms with Gasteiger partial charge in [-0.15, -0.1) is 11.3 Å². The Bertz CT molecular complexity index is 812. The average molecular weight is 307 g/mol. The zero-order chi connectivity index (χ0) is 14.3. The number of aromatic nitrogens is 3. The second-order valence-corrected chi connectivity index (χ2v) is 6.34. The molecule has 104 valence electrons. The van der Waals surface area contributed by atoms with E-state index in [1.165, 1.54) is 23.1 Å². The molecule has 3 aromatic heterocycles. The maximum atomic E-state index is 12.2. The third-order valence-electron chi connectivity index (χ3n) is 3.17. The number of hydrogen-bond donors (Lipinski definition) is 0. The topological polar surface area (TPSA) is 60.9 Å². The molecule has 0 atom stereocenters. The standard InChI is InChI=1S/C13H13N3O2S2/c1-7-9(8(2)18-15-7)6-20-13-14-10-4-5-19-11(10)12(17)16(13)3/h4-5H,6H2,1-3H3. The van der Waals surface area contributed by atoms with Gasteiger partial charge in [0.1, 0.15) is 10.5 Å². The first-order valence-corrected chi connectivity index (χ1v) is 7.93. The van der Waals surface area contributed by atoms with Gasteiger partial charge in [0.15, 0.2) is 5.16 Å². The van der Waals surface area contributed by atoms with Gasteiger partial charge in [0.05, 0.1) is 11.2 Å². The fraction of sp³-hybridized carbons (Fsp3) is 0.308. The molecule has 0 spiro atoms. The maximum absolute atomic E-state index is 12.2. The van der Waals surface area contributed by atoms with Gasteiger partial charge in [0.25, 0.3) is 5.56 Å². The number of aryl methyl sites for hydroxylation is 2. The van der Waals surface area contributed by atoms with E-state index < -0.39 is 0 Å². The van der Waals surface area contributed by atoms with Gasteiger partial charge in [-0.3, -0.25) is 9.36 Å². The summed E-state index contributed by atoms with van der Waals surface area (Å²) in [5, 5.41) is 6.53. The van der Waals surface area contributed by atoms with Crippen LogP contribution in [0.15, 0.2) is 25.9 Å². The van der Waals surface area contributed by atoms with Crippen molar-refractivity contribution in [1.29, 1.82) is 0 Å². The molecule has 3 rings (SSSR count). The normalized spacial score (nSPS) is 11.3. The van der Waals surface area contributed by atoms with Crippen molar-refractivity contribution in [2.75, 3.05) is 0 Å². The van der Waals surface area contributed by atoms with Gasteiger partial charge in [0, 0.05) is 18.4 Å². The van der Waals surface area contributed by atoms with E-state index in [-0.39, 0.29) is 5.56 Å². The second-order valence-electron chi connectivity index (χ2n) is 4.48. The van der Waals surface area contributed by atoms with Crippen LogP contribution >= 0.6 is 23.1 Å². The van der Waals surface area contributed by atoms with Crippen LogP contribution in [-0.2, 0) is 12.8 Å². The van der Waals surface area contributed by atoms with Gasteiger partial charge in [-0.2, -0.15) is 0 Å². The minimum Gasteiger partial charge on any atom is -0.361 e. The van der Waals surface area contributed by atoms with Gasteiger partial charge < -0.3 is 4.52 Å². The van der Waals surface area contributed by atoms with Crippen molar-refractivity contribution >= 4 is 33.3 Å². The third-order valence-corrected chi connectivity index (χ3v) is 5.12. The van der Waals surface area contributed by atoms with Crippen molar-refractivity contribution in [3.63, 3.8) is 0 Å². The van der Waals surface area contributed by atoms with Crippen LogP contribution in [0.2, 0.25) is 0 Å². The Kier molecular flexibility index (Phi) is 3.39. The molecule has 0 saturated heterocycles. The van der Waals surface area contributed by atoms with Crippen molar-refractivity contribution in [2.45, 2.75) is 24.8 Å². The van der Waals surface area contributed by atoms with Crippen LogP contribution < -0.4 is 5.56 Å².